The van der Waals surface area contributed by atoms with Crippen LogP contribution >= 0.6 is 22.7 Å². The Morgan fingerprint density at radius 2 is 0.951 bits per heavy atom. The third-order valence-electron chi connectivity index (χ3n) is 21.8. The van der Waals surface area contributed by atoms with Crippen molar-refractivity contribution >= 4 is 159 Å². The number of hydrogen-bond donors (Lipinski definition) is 0. The van der Waals surface area contributed by atoms with Gasteiger partial charge in [0.25, 0.3) is 6.71 Å². The highest BCUT2D eigenvalue weighted by Gasteiger charge is 2.45. The highest BCUT2D eigenvalue weighted by Crippen LogP contribution is 2.54. The zero-order chi connectivity index (χ0) is 72.6. The molecule has 1 aliphatic carbocycles. The molecule has 20 rings (SSSR count). The standard InChI is InChI=1S/C95H70BN5S2/c1-94(2,3)62-40-46-81(72(53-62)59-25-9-7-10-26-59)100-83-55-64(98-77-35-19-14-29-67(77)68-30-15-20-36-78(68)98)42-44-75(83)96-76-45-43-65(99-79-37-21-16-31-69(79)74-50-58(57-97)24-13-18-38-80(74)99)56-84(76)101(82-47-41-63(95(4,5)6)54-73(82)60-27-11-8-12-28-60)86-52-61(51-85(100)92(86)96)66-33-23-34-71-91-89(103-93(66)71)49-48-88-90(91)70-32-17-22-39-87(70)102-88/h7-23,25-37,39-56H,24,38H2,1-6H3/b18-13-,58-50+/i16D,21D,31D,37D. The Hall–Kier alpha value is -11.7. The second kappa shape index (κ2) is 23.2. The summed E-state index contributed by atoms with van der Waals surface area (Å²) in [7, 11) is 0. The van der Waals surface area contributed by atoms with Gasteiger partial charge in [-0.25, -0.2) is 0 Å². The Morgan fingerprint density at radius 1 is 0.417 bits per heavy atom. The van der Waals surface area contributed by atoms with Gasteiger partial charge >= 0.3 is 0 Å². The number of nitriles is 1. The van der Waals surface area contributed by atoms with E-state index in [1.807, 2.05) is 34.8 Å². The molecule has 0 spiro atoms. The highest BCUT2D eigenvalue weighted by molar-refractivity contribution is 7.28. The molecule has 8 heteroatoms. The first kappa shape index (κ1) is 57.0. The van der Waals surface area contributed by atoms with Gasteiger partial charge in [-0.2, -0.15) is 5.26 Å². The van der Waals surface area contributed by atoms with E-state index in [0.29, 0.717) is 34.9 Å². The number of nitrogens with zero attached hydrogens (tertiary/aromatic N) is 5. The van der Waals surface area contributed by atoms with Crippen LogP contribution in [0.3, 0.4) is 0 Å². The largest absolute Gasteiger partial charge is 0.313 e. The van der Waals surface area contributed by atoms with Crippen molar-refractivity contribution in [3.05, 3.63) is 313 Å². The fourth-order valence-corrected chi connectivity index (χ4v) is 19.3. The average molecular weight is 1360 g/mol. The van der Waals surface area contributed by atoms with Crippen LogP contribution in [-0.4, -0.2) is 15.8 Å². The van der Waals surface area contributed by atoms with Crippen LogP contribution in [0.2, 0.25) is 0 Å². The third kappa shape index (κ3) is 9.49. The van der Waals surface area contributed by atoms with E-state index in [0.717, 1.165) is 112 Å². The molecule has 0 radical (unpaired) electrons. The van der Waals surface area contributed by atoms with Crippen LogP contribution in [0.5, 0.6) is 0 Å². The number of allylic oxidation sites excluding steroid dienone is 3. The van der Waals surface area contributed by atoms with E-state index < -0.39 is 0 Å². The predicted molar refractivity (Wildman–Crippen MR) is 442 cm³/mol. The fourth-order valence-electron chi connectivity index (χ4n) is 17.0. The molecule has 2 aliphatic heterocycles. The van der Waals surface area contributed by atoms with Crippen molar-refractivity contribution in [2.24, 2.45) is 0 Å². The van der Waals surface area contributed by atoms with Crippen LogP contribution in [0.4, 0.5) is 34.1 Å². The van der Waals surface area contributed by atoms with Gasteiger partial charge in [-0.15, -0.1) is 22.7 Å². The van der Waals surface area contributed by atoms with Crippen LogP contribution in [0.1, 0.15) is 75.8 Å². The molecule has 4 aromatic heterocycles. The van der Waals surface area contributed by atoms with Gasteiger partial charge in [0.1, 0.15) is 0 Å². The van der Waals surface area contributed by atoms with Gasteiger partial charge in [-0.3, -0.25) is 0 Å². The monoisotopic (exact) mass is 1360 g/mol. The fraction of sp³-hybridized carbons (Fsp3) is 0.105. The third-order valence-corrected chi connectivity index (χ3v) is 24.2. The Kier molecular flexibility index (Phi) is 12.8. The van der Waals surface area contributed by atoms with Crippen LogP contribution in [-0.2, 0) is 17.3 Å². The molecule has 0 amide bonds. The number of fused-ring (bicyclic) bond motifs is 17. The van der Waals surface area contributed by atoms with Crippen molar-refractivity contribution < 1.29 is 5.48 Å². The van der Waals surface area contributed by atoms with E-state index in [1.165, 1.54) is 62.2 Å². The van der Waals surface area contributed by atoms with E-state index in [1.54, 1.807) is 0 Å². The summed E-state index contributed by atoms with van der Waals surface area (Å²) in [6, 6.07) is 94.4. The molecule has 0 saturated carbocycles. The molecule has 0 saturated heterocycles. The lowest BCUT2D eigenvalue weighted by Gasteiger charge is -2.45. The Balaban J connectivity index is 0.962. The minimum Gasteiger partial charge on any atom is -0.313 e. The second-order valence-electron chi connectivity index (χ2n) is 29.9. The van der Waals surface area contributed by atoms with Gasteiger partial charge < -0.3 is 18.9 Å². The number of thiophene rings is 2. The maximum absolute atomic E-state index is 10.7. The normalized spacial score (nSPS) is 15.0. The van der Waals surface area contributed by atoms with Gasteiger partial charge in [0.15, 0.2) is 0 Å². The first-order chi connectivity index (χ1) is 52.0. The van der Waals surface area contributed by atoms with Crippen molar-refractivity contribution in [3.8, 4) is 50.8 Å². The minimum absolute atomic E-state index is 0.136. The summed E-state index contributed by atoms with van der Waals surface area (Å²) in [4.78, 5) is 5.14. The first-order valence-corrected chi connectivity index (χ1v) is 37.2. The van der Waals surface area contributed by atoms with Crippen molar-refractivity contribution in [3.63, 3.8) is 0 Å². The quantitative estimate of drug-likeness (QED) is 0.118. The molecular formula is C95H70BN5S2. The number of aromatic nitrogens is 2. The topological polar surface area (TPSA) is 40.1 Å². The summed E-state index contributed by atoms with van der Waals surface area (Å²) in [5, 5.41) is 18.5. The van der Waals surface area contributed by atoms with Crippen molar-refractivity contribution in [1.29, 1.82) is 5.26 Å². The molecule has 17 aromatic rings. The van der Waals surface area contributed by atoms with Crippen LogP contribution in [0, 0.1) is 11.3 Å². The van der Waals surface area contributed by atoms with Crippen molar-refractivity contribution in [2.45, 2.75) is 65.2 Å². The van der Waals surface area contributed by atoms with E-state index in [-0.39, 0.29) is 41.7 Å². The maximum Gasteiger partial charge on any atom is 0.252 e. The molecule has 0 atom stereocenters. The van der Waals surface area contributed by atoms with Crippen molar-refractivity contribution in [2.75, 3.05) is 9.80 Å². The molecule has 0 bridgehead atoms. The minimum atomic E-state index is -0.375. The molecule has 103 heavy (non-hydrogen) atoms. The summed E-state index contributed by atoms with van der Waals surface area (Å²) in [6.07, 6.45) is 6.77. The number of para-hydroxylation sites is 3. The summed E-state index contributed by atoms with van der Waals surface area (Å²) in [5.74, 6) is 0. The van der Waals surface area contributed by atoms with Gasteiger partial charge in [0.05, 0.1) is 39.5 Å². The summed E-state index contributed by atoms with van der Waals surface area (Å²) in [6.45, 7) is 13.4. The van der Waals surface area contributed by atoms with Crippen LogP contribution in [0.15, 0.2) is 291 Å². The molecule has 490 valence electrons. The molecule has 0 fully saturated rings. The number of hydrogen-bond acceptors (Lipinski definition) is 5. The first-order valence-electron chi connectivity index (χ1n) is 37.6. The predicted octanol–water partition coefficient (Wildman–Crippen LogP) is 24.6. The van der Waals surface area contributed by atoms with Gasteiger partial charge in [-0.1, -0.05) is 230 Å². The smallest absolute Gasteiger partial charge is 0.252 e. The second-order valence-corrected chi connectivity index (χ2v) is 32.0. The lowest BCUT2D eigenvalue weighted by Crippen LogP contribution is -2.61. The van der Waals surface area contributed by atoms with Gasteiger partial charge in [-0.05, 0) is 164 Å². The van der Waals surface area contributed by atoms with Gasteiger partial charge in [0.2, 0.25) is 0 Å². The summed E-state index contributed by atoms with van der Waals surface area (Å²) < 4.78 is 47.6. The van der Waals surface area contributed by atoms with Gasteiger partial charge in [0, 0.05) is 131 Å². The molecule has 3 aliphatic rings. The number of rotatable bonds is 7. The zero-order valence-electron chi connectivity index (χ0n) is 61.9. The summed E-state index contributed by atoms with van der Waals surface area (Å²) in [5.41, 5.74) is 24.2. The molecule has 0 unspecified atom stereocenters. The highest BCUT2D eigenvalue weighted by atomic mass is 32.1. The van der Waals surface area contributed by atoms with E-state index >= 15 is 0 Å². The maximum atomic E-state index is 10.7. The SMILES string of the molecule is [2H]c1c([2H])c([2H])c2c(c1[2H])c1c(n2-c2ccc3c(c2)N(c2ccc(C(C)(C)C)cc2-c2ccccc2)c2cc(-c4cccc5c4sc4ccc6sc7ccccc7c6c45)cc4c2B3c2ccc(-n3c5ccccc5c5ccccc53)cc2N4c2ccc(C(C)(C)C)cc2-c2ccccc2)C/C=C\C/C(C#N)=C\1. The lowest BCUT2D eigenvalue weighted by molar-refractivity contribution is 0.590. The lowest BCUT2D eigenvalue weighted by atomic mass is 9.33. The molecule has 13 aromatic carbocycles. The van der Waals surface area contributed by atoms with E-state index in [9.17, 15) is 9.37 Å². The van der Waals surface area contributed by atoms with E-state index in [2.05, 4.69) is 321 Å². The molecule has 5 nitrogen and oxygen atoms in total. The molecule has 0 N–H and O–H groups in total. The Labute approximate surface area is 613 Å². The summed E-state index contributed by atoms with van der Waals surface area (Å²) >= 11 is 3.73. The van der Waals surface area contributed by atoms with Crippen molar-refractivity contribution in [1.82, 2.24) is 9.13 Å². The Morgan fingerprint density at radius 3 is 1.56 bits per heavy atom. The average Bonchev–Trinajstić information content (AvgIpc) is 1.09. The zero-order valence-corrected chi connectivity index (χ0v) is 59.6. The van der Waals surface area contributed by atoms with Crippen LogP contribution < -0.4 is 26.2 Å². The van der Waals surface area contributed by atoms with E-state index in [4.69, 9.17) is 1.37 Å². The molecule has 6 heterocycles. The number of anilines is 6. The Bertz CT molecular complexity index is 6760. The van der Waals surface area contributed by atoms with Crippen LogP contribution in [0.25, 0.3) is 124 Å². The number of benzene rings is 13. The molecular weight excluding hydrogens is 1290 g/mol.